The van der Waals surface area contributed by atoms with Gasteiger partial charge in [0.15, 0.2) is 5.76 Å². The van der Waals surface area contributed by atoms with Gasteiger partial charge in [0.05, 0.1) is 23.1 Å². The van der Waals surface area contributed by atoms with E-state index in [0.29, 0.717) is 0 Å². The van der Waals surface area contributed by atoms with E-state index in [4.69, 9.17) is 4.52 Å². The summed E-state index contributed by atoms with van der Waals surface area (Å²) in [5.41, 5.74) is 2.83. The van der Waals surface area contributed by atoms with Gasteiger partial charge >= 0.3 is 0 Å². The van der Waals surface area contributed by atoms with Crippen molar-refractivity contribution in [3.63, 3.8) is 0 Å². The van der Waals surface area contributed by atoms with Crippen LogP contribution >= 0.6 is 0 Å². The van der Waals surface area contributed by atoms with Crippen molar-refractivity contribution in [2.75, 3.05) is 13.1 Å². The minimum absolute atomic E-state index is 0.131. The predicted octanol–water partition coefficient (Wildman–Crippen LogP) is 2.10. The first kappa shape index (κ1) is 12.9. The molecule has 6 heteroatoms. The molecule has 20 heavy (non-hydrogen) atoms. The summed E-state index contributed by atoms with van der Waals surface area (Å²) in [6.45, 7) is 5.09. The summed E-state index contributed by atoms with van der Waals surface area (Å²) in [7, 11) is 0. The highest BCUT2D eigenvalue weighted by Gasteiger charge is 2.27. The predicted molar refractivity (Wildman–Crippen MR) is 73.1 cm³/mol. The summed E-state index contributed by atoms with van der Waals surface area (Å²) < 4.78 is 5.32. The highest BCUT2D eigenvalue weighted by Crippen LogP contribution is 2.33. The van der Waals surface area contributed by atoms with E-state index in [9.17, 15) is 4.79 Å². The average molecular weight is 274 g/mol. The second-order valence-electron chi connectivity index (χ2n) is 5.33. The lowest BCUT2D eigenvalue weighted by molar-refractivity contribution is -0.130. The molecule has 0 spiro atoms. The first-order valence-electron chi connectivity index (χ1n) is 6.87. The van der Waals surface area contributed by atoms with E-state index in [0.717, 1.165) is 48.6 Å². The van der Waals surface area contributed by atoms with Gasteiger partial charge in [-0.1, -0.05) is 5.16 Å². The third kappa shape index (κ3) is 2.33. The molecule has 0 radical (unpaired) electrons. The molecule has 3 heterocycles. The Kier molecular flexibility index (Phi) is 3.30. The van der Waals surface area contributed by atoms with Crippen molar-refractivity contribution in [1.82, 2.24) is 20.3 Å². The van der Waals surface area contributed by atoms with Crippen LogP contribution in [0.3, 0.4) is 0 Å². The number of carbonyl (C=O) groups is 1. The fourth-order valence-corrected chi connectivity index (χ4v) is 2.79. The highest BCUT2D eigenvalue weighted by atomic mass is 16.5. The lowest BCUT2D eigenvalue weighted by Crippen LogP contribution is -2.37. The third-order valence-electron chi connectivity index (χ3n) is 3.84. The monoisotopic (exact) mass is 274 g/mol. The van der Waals surface area contributed by atoms with E-state index in [2.05, 4.69) is 15.4 Å². The van der Waals surface area contributed by atoms with Crippen molar-refractivity contribution in [2.45, 2.75) is 32.6 Å². The van der Waals surface area contributed by atoms with Crippen molar-refractivity contribution >= 4 is 5.91 Å². The molecular weight excluding hydrogens is 256 g/mol. The van der Waals surface area contributed by atoms with Crippen LogP contribution in [0.4, 0.5) is 0 Å². The lowest BCUT2D eigenvalue weighted by Gasteiger charge is -2.31. The van der Waals surface area contributed by atoms with Crippen molar-refractivity contribution in [2.24, 2.45) is 0 Å². The number of carbonyl (C=O) groups excluding carboxylic acids is 1. The Morgan fingerprint density at radius 1 is 1.55 bits per heavy atom. The number of aromatic amines is 1. The molecule has 1 N–H and O–H groups in total. The van der Waals surface area contributed by atoms with Gasteiger partial charge in [-0.25, -0.2) is 0 Å². The Hall–Kier alpha value is -2.11. The summed E-state index contributed by atoms with van der Waals surface area (Å²) in [5.74, 6) is 1.13. The summed E-state index contributed by atoms with van der Waals surface area (Å²) >= 11 is 0. The number of H-pyrrole nitrogens is 1. The molecule has 1 aliphatic heterocycles. The van der Waals surface area contributed by atoms with Gasteiger partial charge < -0.3 is 9.42 Å². The number of nitrogens with one attached hydrogen (secondary N) is 1. The summed E-state index contributed by atoms with van der Waals surface area (Å²) in [6.07, 6.45) is 3.83. The zero-order valence-corrected chi connectivity index (χ0v) is 11.7. The summed E-state index contributed by atoms with van der Waals surface area (Å²) in [5, 5.41) is 11.1. The molecule has 1 fully saturated rings. The Balaban J connectivity index is 1.87. The molecule has 2 aromatic rings. The zero-order valence-electron chi connectivity index (χ0n) is 11.7. The third-order valence-corrected chi connectivity index (χ3v) is 3.84. The molecule has 1 saturated heterocycles. The number of likely N-dealkylation sites (tertiary alicyclic amines) is 1. The van der Waals surface area contributed by atoms with Gasteiger partial charge in [-0.2, -0.15) is 5.10 Å². The highest BCUT2D eigenvalue weighted by molar-refractivity contribution is 5.73. The van der Waals surface area contributed by atoms with Gasteiger partial charge in [0.2, 0.25) is 5.91 Å². The maximum atomic E-state index is 11.5. The SMILES string of the molecule is CC(=O)N1CCCC(c2[nH]ncc2-c2cc(C)no2)C1. The quantitative estimate of drug-likeness (QED) is 0.910. The van der Waals surface area contributed by atoms with Crippen molar-refractivity contribution in [3.05, 3.63) is 23.7 Å². The Labute approximate surface area is 117 Å². The summed E-state index contributed by atoms with van der Waals surface area (Å²) in [6, 6.07) is 1.90. The van der Waals surface area contributed by atoms with Crippen molar-refractivity contribution in [3.8, 4) is 11.3 Å². The van der Waals surface area contributed by atoms with Crippen LogP contribution < -0.4 is 0 Å². The number of hydrogen-bond acceptors (Lipinski definition) is 4. The molecule has 3 rings (SSSR count). The largest absolute Gasteiger partial charge is 0.356 e. The first-order valence-corrected chi connectivity index (χ1v) is 6.87. The standard InChI is InChI=1S/C14H18N4O2/c1-9-6-13(20-17-9)12-7-15-16-14(12)11-4-3-5-18(8-11)10(2)19/h6-7,11H,3-5,8H2,1-2H3,(H,15,16). The van der Waals surface area contributed by atoms with Crippen LogP contribution in [0.5, 0.6) is 0 Å². The van der Waals surface area contributed by atoms with Crippen molar-refractivity contribution < 1.29 is 9.32 Å². The summed E-state index contributed by atoms with van der Waals surface area (Å²) in [4.78, 5) is 13.4. The Morgan fingerprint density at radius 3 is 3.10 bits per heavy atom. The van der Waals surface area contributed by atoms with Crippen LogP contribution in [-0.4, -0.2) is 39.3 Å². The number of amides is 1. The molecule has 1 unspecified atom stereocenters. The topological polar surface area (TPSA) is 75.0 Å². The lowest BCUT2D eigenvalue weighted by atomic mass is 9.92. The molecule has 1 aliphatic rings. The minimum Gasteiger partial charge on any atom is -0.356 e. The van der Waals surface area contributed by atoms with Crippen molar-refractivity contribution in [1.29, 1.82) is 0 Å². The maximum Gasteiger partial charge on any atom is 0.219 e. The molecule has 106 valence electrons. The second kappa shape index (κ2) is 5.11. The Morgan fingerprint density at radius 2 is 2.40 bits per heavy atom. The zero-order chi connectivity index (χ0) is 14.1. The van der Waals surface area contributed by atoms with Gasteiger partial charge in [-0.3, -0.25) is 9.89 Å². The van der Waals surface area contributed by atoms with E-state index in [1.54, 1.807) is 13.1 Å². The first-order chi connectivity index (χ1) is 9.65. The fraction of sp³-hybridized carbons (Fsp3) is 0.500. The van der Waals surface area contributed by atoms with Crippen LogP contribution in [0.15, 0.2) is 16.8 Å². The van der Waals surface area contributed by atoms with Crippen LogP contribution in [0.2, 0.25) is 0 Å². The van der Waals surface area contributed by atoms with E-state index in [1.165, 1.54) is 0 Å². The molecule has 1 amide bonds. The number of piperidine rings is 1. The van der Waals surface area contributed by atoms with Gasteiger partial charge in [0, 0.05) is 32.0 Å². The van der Waals surface area contributed by atoms with E-state index < -0.39 is 0 Å². The fourth-order valence-electron chi connectivity index (χ4n) is 2.79. The van der Waals surface area contributed by atoms with Gasteiger partial charge in [-0.05, 0) is 19.8 Å². The normalized spacial score (nSPS) is 19.3. The molecular formula is C14H18N4O2. The minimum atomic E-state index is 0.131. The van der Waals surface area contributed by atoms with Gasteiger partial charge in [-0.15, -0.1) is 0 Å². The molecule has 0 aliphatic carbocycles. The number of nitrogens with zero attached hydrogens (tertiary/aromatic N) is 3. The van der Waals surface area contributed by atoms with Crippen LogP contribution in [0, 0.1) is 6.92 Å². The van der Waals surface area contributed by atoms with Gasteiger partial charge in [0.1, 0.15) is 0 Å². The molecule has 1 atom stereocenters. The number of aryl methyl sites for hydroxylation is 1. The molecule has 6 nitrogen and oxygen atoms in total. The van der Waals surface area contributed by atoms with Crippen LogP contribution in [-0.2, 0) is 4.79 Å². The molecule has 0 saturated carbocycles. The number of rotatable bonds is 2. The molecule has 0 bridgehead atoms. The average Bonchev–Trinajstić information content (AvgIpc) is 3.07. The van der Waals surface area contributed by atoms with Crippen LogP contribution in [0.1, 0.15) is 37.1 Å². The molecule has 2 aromatic heterocycles. The smallest absolute Gasteiger partial charge is 0.219 e. The molecule has 0 aromatic carbocycles. The maximum absolute atomic E-state index is 11.5. The van der Waals surface area contributed by atoms with E-state index in [-0.39, 0.29) is 11.8 Å². The van der Waals surface area contributed by atoms with Crippen LogP contribution in [0.25, 0.3) is 11.3 Å². The van der Waals surface area contributed by atoms with E-state index in [1.807, 2.05) is 17.9 Å². The van der Waals surface area contributed by atoms with E-state index >= 15 is 0 Å². The number of aromatic nitrogens is 3. The number of hydrogen-bond donors (Lipinski definition) is 1. The second-order valence-corrected chi connectivity index (χ2v) is 5.33. The van der Waals surface area contributed by atoms with Gasteiger partial charge in [0.25, 0.3) is 0 Å². The Bertz CT molecular complexity index is 616.